The van der Waals surface area contributed by atoms with E-state index < -0.39 is 16.2 Å². The van der Waals surface area contributed by atoms with Crippen molar-refractivity contribution >= 4 is 33.2 Å². The summed E-state index contributed by atoms with van der Waals surface area (Å²) >= 11 is 0. The molecule has 0 fully saturated rings. The molecule has 3 rings (SSSR count). The first kappa shape index (κ1) is 16.8. The number of amides is 1. The maximum Gasteiger partial charge on any atom is 0.413 e. The van der Waals surface area contributed by atoms with Gasteiger partial charge in [-0.05, 0) is 31.2 Å². The molecular weight excluding hydrogens is 346 g/mol. The molecule has 0 atom stereocenters. The Morgan fingerprint density at radius 2 is 1.96 bits per heavy atom. The number of aromatic nitrogens is 2. The molecule has 0 aliphatic carbocycles. The average Bonchev–Trinajstić information content (AvgIpc) is 2.97. The lowest BCUT2D eigenvalue weighted by Gasteiger charge is -2.06. The molecule has 0 aliphatic heterocycles. The van der Waals surface area contributed by atoms with E-state index in [0.717, 1.165) is 0 Å². The molecular formula is C16H15N3O5S. The lowest BCUT2D eigenvalue weighted by molar-refractivity contribution is 0.167. The summed E-state index contributed by atoms with van der Waals surface area (Å²) < 4.78 is 34.4. The smallest absolute Gasteiger partial charge is 0.413 e. The SMILES string of the molecule is CCOC(=O)Nc1nc2cc(OS(=O)(=O)c3ccccc3)ccc2[nH]1. The number of hydrogen-bond donors (Lipinski definition) is 2. The lowest BCUT2D eigenvalue weighted by atomic mass is 10.3. The Balaban J connectivity index is 1.83. The maximum atomic E-state index is 12.2. The lowest BCUT2D eigenvalue weighted by Crippen LogP contribution is -2.14. The third kappa shape index (κ3) is 3.89. The van der Waals surface area contributed by atoms with Crippen molar-refractivity contribution in [3.05, 3.63) is 48.5 Å². The third-order valence-electron chi connectivity index (χ3n) is 3.19. The molecule has 130 valence electrons. The van der Waals surface area contributed by atoms with Crippen molar-refractivity contribution in [2.24, 2.45) is 0 Å². The predicted molar refractivity (Wildman–Crippen MR) is 91.0 cm³/mol. The Hall–Kier alpha value is -3.07. The Morgan fingerprint density at radius 1 is 1.20 bits per heavy atom. The number of hydrogen-bond acceptors (Lipinski definition) is 6. The molecule has 0 aliphatic rings. The number of H-pyrrole nitrogens is 1. The van der Waals surface area contributed by atoms with E-state index in [0.29, 0.717) is 11.0 Å². The molecule has 2 N–H and O–H groups in total. The molecule has 0 saturated heterocycles. The molecule has 3 aromatic rings. The minimum Gasteiger partial charge on any atom is -0.450 e. The van der Waals surface area contributed by atoms with Gasteiger partial charge in [0.1, 0.15) is 10.6 Å². The summed E-state index contributed by atoms with van der Waals surface area (Å²) in [5.41, 5.74) is 1.05. The third-order valence-corrected chi connectivity index (χ3v) is 4.45. The number of carbonyl (C=O) groups excluding carboxylic acids is 1. The van der Waals surface area contributed by atoms with Crippen LogP contribution in [-0.4, -0.2) is 31.1 Å². The van der Waals surface area contributed by atoms with Crippen LogP contribution < -0.4 is 9.50 Å². The molecule has 1 heterocycles. The highest BCUT2D eigenvalue weighted by atomic mass is 32.2. The second-order valence-electron chi connectivity index (χ2n) is 4.96. The molecule has 0 radical (unpaired) electrons. The Bertz CT molecular complexity index is 999. The van der Waals surface area contributed by atoms with E-state index >= 15 is 0 Å². The summed E-state index contributed by atoms with van der Waals surface area (Å²) in [4.78, 5) is 18.5. The predicted octanol–water partition coefficient (Wildman–Crippen LogP) is 2.90. The van der Waals surface area contributed by atoms with Gasteiger partial charge in [-0.2, -0.15) is 8.42 Å². The van der Waals surface area contributed by atoms with Crippen LogP contribution in [0.4, 0.5) is 10.7 Å². The first-order valence-electron chi connectivity index (χ1n) is 7.41. The van der Waals surface area contributed by atoms with Crippen LogP contribution in [0.3, 0.4) is 0 Å². The normalized spacial score (nSPS) is 11.2. The highest BCUT2D eigenvalue weighted by molar-refractivity contribution is 7.87. The van der Waals surface area contributed by atoms with Gasteiger partial charge >= 0.3 is 16.2 Å². The minimum absolute atomic E-state index is 0.0572. The number of aromatic amines is 1. The summed E-state index contributed by atoms with van der Waals surface area (Å²) in [6, 6.07) is 12.4. The van der Waals surface area contributed by atoms with E-state index in [9.17, 15) is 13.2 Å². The van der Waals surface area contributed by atoms with Crippen LogP contribution in [0.5, 0.6) is 5.75 Å². The highest BCUT2D eigenvalue weighted by Gasteiger charge is 2.17. The molecule has 0 bridgehead atoms. The van der Waals surface area contributed by atoms with Gasteiger partial charge in [-0.3, -0.25) is 5.32 Å². The number of fused-ring (bicyclic) bond motifs is 1. The van der Waals surface area contributed by atoms with Crippen molar-refractivity contribution in [1.82, 2.24) is 9.97 Å². The van der Waals surface area contributed by atoms with Crippen LogP contribution >= 0.6 is 0 Å². The van der Waals surface area contributed by atoms with Gasteiger partial charge in [0, 0.05) is 6.07 Å². The zero-order valence-electron chi connectivity index (χ0n) is 13.2. The molecule has 1 aromatic heterocycles. The Kier molecular flexibility index (Phi) is 4.57. The van der Waals surface area contributed by atoms with Gasteiger partial charge in [-0.25, -0.2) is 9.78 Å². The number of carbonyl (C=O) groups is 1. The van der Waals surface area contributed by atoms with E-state index in [-0.39, 0.29) is 23.2 Å². The zero-order chi connectivity index (χ0) is 17.9. The maximum absolute atomic E-state index is 12.2. The number of benzene rings is 2. The van der Waals surface area contributed by atoms with Crippen molar-refractivity contribution in [2.75, 3.05) is 11.9 Å². The minimum atomic E-state index is -3.93. The van der Waals surface area contributed by atoms with Gasteiger partial charge in [-0.1, -0.05) is 18.2 Å². The van der Waals surface area contributed by atoms with Crippen LogP contribution in [0.2, 0.25) is 0 Å². The highest BCUT2D eigenvalue weighted by Crippen LogP contribution is 2.23. The number of anilines is 1. The fraction of sp³-hybridized carbons (Fsp3) is 0.125. The van der Waals surface area contributed by atoms with Crippen molar-refractivity contribution in [1.29, 1.82) is 0 Å². The van der Waals surface area contributed by atoms with Gasteiger partial charge in [-0.15, -0.1) is 0 Å². The number of ether oxygens (including phenoxy) is 1. The van der Waals surface area contributed by atoms with Gasteiger partial charge in [0.05, 0.1) is 17.6 Å². The summed E-state index contributed by atoms with van der Waals surface area (Å²) in [7, 11) is -3.93. The van der Waals surface area contributed by atoms with Crippen LogP contribution in [0.1, 0.15) is 6.92 Å². The second-order valence-corrected chi connectivity index (χ2v) is 6.51. The van der Waals surface area contributed by atoms with Gasteiger partial charge in [0.2, 0.25) is 5.95 Å². The largest absolute Gasteiger partial charge is 0.450 e. The summed E-state index contributed by atoms with van der Waals surface area (Å²) in [5.74, 6) is 0.307. The second kappa shape index (κ2) is 6.81. The first-order chi connectivity index (χ1) is 12.0. The van der Waals surface area contributed by atoms with Crippen molar-refractivity contribution < 1.29 is 22.1 Å². The zero-order valence-corrected chi connectivity index (χ0v) is 14.0. The van der Waals surface area contributed by atoms with E-state index in [2.05, 4.69) is 15.3 Å². The van der Waals surface area contributed by atoms with Crippen molar-refractivity contribution in [3.8, 4) is 5.75 Å². The summed E-state index contributed by atoms with van der Waals surface area (Å²) in [5, 5.41) is 2.44. The fourth-order valence-electron chi connectivity index (χ4n) is 2.12. The Labute approximate surface area is 143 Å². The number of nitrogens with zero attached hydrogens (tertiary/aromatic N) is 1. The molecule has 8 nitrogen and oxygen atoms in total. The van der Waals surface area contributed by atoms with Gasteiger partial charge < -0.3 is 13.9 Å². The fourth-order valence-corrected chi connectivity index (χ4v) is 3.07. The average molecular weight is 361 g/mol. The van der Waals surface area contributed by atoms with Gasteiger partial charge in [0.15, 0.2) is 0 Å². The molecule has 1 amide bonds. The topological polar surface area (TPSA) is 110 Å². The summed E-state index contributed by atoms with van der Waals surface area (Å²) in [6.45, 7) is 1.93. The molecule has 25 heavy (non-hydrogen) atoms. The standard InChI is InChI=1S/C16H15N3O5S/c1-2-23-16(20)19-15-17-13-9-8-11(10-14(13)18-15)24-25(21,22)12-6-4-3-5-7-12/h3-10H,2H2,1H3,(H2,17,18,19,20). The molecule has 2 aromatic carbocycles. The van der Waals surface area contributed by atoms with E-state index in [4.69, 9.17) is 8.92 Å². The first-order valence-corrected chi connectivity index (χ1v) is 8.82. The monoisotopic (exact) mass is 361 g/mol. The van der Waals surface area contributed by atoms with E-state index in [1.54, 1.807) is 31.2 Å². The van der Waals surface area contributed by atoms with Crippen LogP contribution in [-0.2, 0) is 14.9 Å². The molecule has 0 spiro atoms. The van der Waals surface area contributed by atoms with Crippen molar-refractivity contribution in [2.45, 2.75) is 11.8 Å². The molecule has 0 unspecified atom stereocenters. The Morgan fingerprint density at radius 3 is 2.68 bits per heavy atom. The number of rotatable bonds is 5. The van der Waals surface area contributed by atoms with Crippen LogP contribution in [0, 0.1) is 0 Å². The van der Waals surface area contributed by atoms with Crippen LogP contribution in [0.15, 0.2) is 53.4 Å². The van der Waals surface area contributed by atoms with E-state index in [1.165, 1.54) is 24.3 Å². The summed E-state index contributed by atoms with van der Waals surface area (Å²) in [6.07, 6.45) is -0.635. The molecule has 0 saturated carbocycles. The number of nitrogens with one attached hydrogen (secondary N) is 2. The molecule has 9 heteroatoms. The van der Waals surface area contributed by atoms with E-state index in [1.807, 2.05) is 0 Å². The quantitative estimate of drug-likeness (QED) is 0.676. The van der Waals surface area contributed by atoms with Crippen LogP contribution in [0.25, 0.3) is 11.0 Å². The van der Waals surface area contributed by atoms with Crippen molar-refractivity contribution in [3.63, 3.8) is 0 Å². The number of imidazole rings is 1. The van der Waals surface area contributed by atoms with Gasteiger partial charge in [0.25, 0.3) is 0 Å².